The van der Waals surface area contributed by atoms with Gasteiger partial charge in [0.25, 0.3) is 0 Å². The van der Waals surface area contributed by atoms with Gasteiger partial charge in [0.1, 0.15) is 12.1 Å². The van der Waals surface area contributed by atoms with Crippen molar-refractivity contribution in [2.45, 2.75) is 63.7 Å². The Morgan fingerprint density at radius 1 is 1.20 bits per heavy atom. The van der Waals surface area contributed by atoms with Crippen LogP contribution in [0.25, 0.3) is 0 Å². The Morgan fingerprint density at radius 3 is 2.54 bits per heavy atom. The van der Waals surface area contributed by atoms with Gasteiger partial charge in [-0.25, -0.2) is 9.59 Å². The van der Waals surface area contributed by atoms with Crippen LogP contribution in [0, 0.1) is 5.92 Å². The number of carbonyl (C=O) groups is 4. The molecule has 2 aliphatic heterocycles. The number of hydrogen-bond acceptors (Lipinski definition) is 6. The number of rotatable bonds is 9. The second-order valence-corrected chi connectivity index (χ2v) is 9.17. The SMILES string of the molecule is CCOC(=O)[C@H](CCc1ccccc1)N[C@H](C)C(=O)N1[C@@H]2CN(C(=O)NC)CC[C@H]2C[C@H]1C(=O)O. The molecule has 0 aliphatic carbocycles. The lowest BCUT2D eigenvalue weighted by Crippen LogP contribution is -2.59. The molecule has 0 radical (unpaired) electrons. The highest BCUT2D eigenvalue weighted by Gasteiger charge is 2.50. The van der Waals surface area contributed by atoms with E-state index in [1.807, 2.05) is 30.3 Å². The van der Waals surface area contributed by atoms with E-state index in [9.17, 15) is 24.3 Å². The summed E-state index contributed by atoms with van der Waals surface area (Å²) >= 11 is 0. The predicted molar refractivity (Wildman–Crippen MR) is 129 cm³/mol. The molecule has 0 aromatic heterocycles. The highest BCUT2D eigenvalue weighted by atomic mass is 16.5. The third-order valence-corrected chi connectivity index (χ3v) is 6.94. The van der Waals surface area contributed by atoms with E-state index in [1.165, 1.54) is 4.90 Å². The van der Waals surface area contributed by atoms with Gasteiger partial charge in [-0.2, -0.15) is 0 Å². The van der Waals surface area contributed by atoms with Gasteiger partial charge in [0.2, 0.25) is 5.91 Å². The number of fused-ring (bicyclic) bond motifs is 1. The van der Waals surface area contributed by atoms with E-state index in [0.29, 0.717) is 32.2 Å². The summed E-state index contributed by atoms with van der Waals surface area (Å²) in [6.07, 6.45) is 2.04. The molecule has 10 heteroatoms. The highest BCUT2D eigenvalue weighted by molar-refractivity contribution is 5.88. The molecule has 2 saturated heterocycles. The summed E-state index contributed by atoms with van der Waals surface area (Å²) in [5.41, 5.74) is 1.06. The minimum Gasteiger partial charge on any atom is -0.480 e. The molecular weight excluding hydrogens is 452 g/mol. The summed E-state index contributed by atoms with van der Waals surface area (Å²) < 4.78 is 5.23. The Morgan fingerprint density at radius 2 is 1.91 bits per heavy atom. The number of nitrogens with one attached hydrogen (secondary N) is 2. The van der Waals surface area contributed by atoms with Crippen molar-refractivity contribution in [2.24, 2.45) is 5.92 Å². The maximum Gasteiger partial charge on any atom is 0.326 e. The van der Waals surface area contributed by atoms with Gasteiger partial charge in [0.15, 0.2) is 0 Å². The van der Waals surface area contributed by atoms with Crippen molar-refractivity contribution in [1.29, 1.82) is 0 Å². The third kappa shape index (κ3) is 6.30. The van der Waals surface area contributed by atoms with Crippen LogP contribution in [0.1, 0.15) is 38.7 Å². The zero-order valence-electron chi connectivity index (χ0n) is 20.6. The average molecular weight is 489 g/mol. The van der Waals surface area contributed by atoms with Gasteiger partial charge in [0, 0.05) is 20.1 Å². The molecule has 3 rings (SSSR count). The van der Waals surface area contributed by atoms with Gasteiger partial charge >= 0.3 is 18.0 Å². The minimum atomic E-state index is -1.06. The smallest absolute Gasteiger partial charge is 0.326 e. The summed E-state index contributed by atoms with van der Waals surface area (Å²) in [5.74, 6) is -1.89. The Balaban J connectivity index is 1.74. The van der Waals surface area contributed by atoms with Crippen LogP contribution < -0.4 is 10.6 Å². The van der Waals surface area contributed by atoms with Crippen LogP contribution in [-0.2, 0) is 25.5 Å². The standard InChI is InChI=1S/C25H36N4O6/c1-4-35-24(33)19(11-10-17-8-6-5-7-9-17)27-16(2)22(30)29-20(23(31)32)14-18-12-13-28(15-21(18)29)25(34)26-3/h5-9,16,18-21,27H,4,10-15H2,1-3H3,(H,26,34)(H,31,32)/t16-,18+,19+,20+,21-/m1/s1. The molecule has 1 aromatic carbocycles. The van der Waals surface area contributed by atoms with Crippen molar-refractivity contribution in [1.82, 2.24) is 20.4 Å². The van der Waals surface area contributed by atoms with E-state index in [2.05, 4.69) is 10.6 Å². The number of esters is 1. The Kier molecular flexibility index (Phi) is 9.08. The lowest BCUT2D eigenvalue weighted by Gasteiger charge is -2.39. The third-order valence-electron chi connectivity index (χ3n) is 6.94. The molecule has 192 valence electrons. The van der Waals surface area contributed by atoms with Crippen LogP contribution in [0.4, 0.5) is 4.79 Å². The molecule has 2 fully saturated rings. The quantitative estimate of drug-likeness (QED) is 0.446. The first kappa shape index (κ1) is 26.5. The molecule has 3 N–H and O–H groups in total. The number of urea groups is 1. The minimum absolute atomic E-state index is 0.00657. The second kappa shape index (κ2) is 12.0. The van der Waals surface area contributed by atoms with E-state index in [0.717, 1.165) is 5.56 Å². The predicted octanol–water partition coefficient (Wildman–Crippen LogP) is 1.24. The summed E-state index contributed by atoms with van der Waals surface area (Å²) in [5, 5.41) is 15.5. The topological polar surface area (TPSA) is 128 Å². The van der Waals surface area contributed by atoms with Gasteiger partial charge in [-0.1, -0.05) is 30.3 Å². The number of piperidine rings is 1. The molecule has 2 aliphatic rings. The van der Waals surface area contributed by atoms with Crippen LogP contribution in [0.2, 0.25) is 0 Å². The van der Waals surface area contributed by atoms with Gasteiger partial charge in [-0.3, -0.25) is 14.9 Å². The number of carboxylic acid groups (broad SMARTS) is 1. The van der Waals surface area contributed by atoms with E-state index in [1.54, 1.807) is 25.8 Å². The van der Waals surface area contributed by atoms with Gasteiger partial charge in [-0.15, -0.1) is 0 Å². The average Bonchev–Trinajstić information content (AvgIpc) is 3.25. The fraction of sp³-hybridized carbons (Fsp3) is 0.600. The Bertz CT molecular complexity index is 910. The normalized spacial score (nSPS) is 23.2. The number of benzene rings is 1. The van der Waals surface area contributed by atoms with Gasteiger partial charge in [0.05, 0.1) is 18.7 Å². The number of hydrogen-bond donors (Lipinski definition) is 3. The number of likely N-dealkylation sites (tertiary alicyclic amines) is 2. The Labute approximate surface area is 206 Å². The van der Waals surface area contributed by atoms with Gasteiger partial charge < -0.3 is 25.0 Å². The first-order valence-corrected chi connectivity index (χ1v) is 12.2. The summed E-state index contributed by atoms with van der Waals surface area (Å²) in [4.78, 5) is 53.5. The lowest BCUT2D eigenvalue weighted by molar-refractivity contribution is -0.152. The van der Waals surface area contributed by atoms with Crippen molar-refractivity contribution >= 4 is 23.9 Å². The van der Waals surface area contributed by atoms with Gasteiger partial charge in [-0.05, 0) is 51.0 Å². The molecule has 0 spiro atoms. The van der Waals surface area contributed by atoms with Crippen LogP contribution >= 0.6 is 0 Å². The number of aryl methyl sites for hydroxylation is 1. The highest BCUT2D eigenvalue weighted by Crippen LogP contribution is 2.36. The molecule has 10 nitrogen and oxygen atoms in total. The van der Waals surface area contributed by atoms with Crippen LogP contribution in [0.3, 0.4) is 0 Å². The molecule has 1 aromatic rings. The molecule has 0 saturated carbocycles. The zero-order valence-corrected chi connectivity index (χ0v) is 20.6. The number of aliphatic carboxylic acids is 1. The second-order valence-electron chi connectivity index (χ2n) is 9.17. The van der Waals surface area contributed by atoms with Crippen LogP contribution in [0.5, 0.6) is 0 Å². The van der Waals surface area contributed by atoms with Crippen LogP contribution in [0.15, 0.2) is 30.3 Å². The monoisotopic (exact) mass is 488 g/mol. The first-order valence-electron chi connectivity index (χ1n) is 12.2. The summed E-state index contributed by atoms with van der Waals surface area (Å²) in [6, 6.07) is 6.60. The molecular formula is C25H36N4O6. The fourth-order valence-electron chi connectivity index (χ4n) is 5.15. The molecule has 5 atom stereocenters. The maximum atomic E-state index is 13.6. The number of nitrogens with zero attached hydrogens (tertiary/aromatic N) is 2. The molecule has 3 amide bonds. The van der Waals surface area contributed by atoms with E-state index < -0.39 is 36.0 Å². The van der Waals surface area contributed by atoms with Crippen molar-refractivity contribution in [3.05, 3.63) is 35.9 Å². The van der Waals surface area contributed by atoms with E-state index >= 15 is 0 Å². The molecule has 35 heavy (non-hydrogen) atoms. The lowest BCUT2D eigenvalue weighted by atomic mass is 9.91. The maximum absolute atomic E-state index is 13.6. The summed E-state index contributed by atoms with van der Waals surface area (Å²) in [7, 11) is 1.54. The first-order chi connectivity index (χ1) is 16.8. The molecule has 2 heterocycles. The number of amides is 3. The molecule has 0 bridgehead atoms. The van der Waals surface area contributed by atoms with E-state index in [-0.39, 0.29) is 31.1 Å². The van der Waals surface area contributed by atoms with E-state index in [4.69, 9.17) is 4.74 Å². The van der Waals surface area contributed by atoms with Crippen molar-refractivity contribution in [3.8, 4) is 0 Å². The van der Waals surface area contributed by atoms with Crippen molar-refractivity contribution in [3.63, 3.8) is 0 Å². The molecule has 0 unspecified atom stereocenters. The van der Waals surface area contributed by atoms with Crippen molar-refractivity contribution in [2.75, 3.05) is 26.7 Å². The number of carboxylic acids is 1. The van der Waals surface area contributed by atoms with Crippen LogP contribution in [-0.4, -0.2) is 89.7 Å². The zero-order chi connectivity index (χ0) is 25.5. The fourth-order valence-corrected chi connectivity index (χ4v) is 5.15. The largest absolute Gasteiger partial charge is 0.480 e. The number of ether oxygens (including phenoxy) is 1. The summed E-state index contributed by atoms with van der Waals surface area (Å²) in [6.45, 7) is 4.39. The number of carbonyl (C=O) groups excluding carboxylic acids is 3. The van der Waals surface area contributed by atoms with Crippen molar-refractivity contribution < 1.29 is 29.0 Å². The Hall–Kier alpha value is -3.14.